The van der Waals surface area contributed by atoms with Crippen molar-refractivity contribution in [1.82, 2.24) is 15.0 Å². The van der Waals surface area contributed by atoms with Gasteiger partial charge in [-0.05, 0) is 89.7 Å². The summed E-state index contributed by atoms with van der Waals surface area (Å²) in [7, 11) is 1.83. The Kier molecular flexibility index (Phi) is 4.68. The molecule has 0 fully saturated rings. The van der Waals surface area contributed by atoms with Crippen LogP contribution in [-0.2, 0) is 12.8 Å². The molecule has 1 aliphatic carbocycles. The predicted molar refractivity (Wildman–Crippen MR) is 136 cm³/mol. The Balaban J connectivity index is 1.45. The number of nitrogens with zero attached hydrogens (tertiary/aromatic N) is 3. The SMILES string of the molecule is CNc1ncc2cc(-c3c(C)ccc4c(Nc5ccc6c(c5)CCC6)nccc34)ccc2n1. The molecule has 0 spiro atoms. The number of hydrogen-bond donors (Lipinski definition) is 2. The molecule has 0 saturated heterocycles. The number of anilines is 3. The molecule has 2 heterocycles. The molecule has 0 saturated carbocycles. The fourth-order valence-electron chi connectivity index (χ4n) is 4.94. The Hall–Kier alpha value is -3.99. The fourth-order valence-corrected chi connectivity index (χ4v) is 4.94. The van der Waals surface area contributed by atoms with Gasteiger partial charge in [0.1, 0.15) is 5.82 Å². The highest BCUT2D eigenvalue weighted by Gasteiger charge is 2.14. The third-order valence-corrected chi connectivity index (χ3v) is 6.61. The van der Waals surface area contributed by atoms with Crippen LogP contribution in [0.1, 0.15) is 23.1 Å². The van der Waals surface area contributed by atoms with Crippen molar-refractivity contribution >= 4 is 39.1 Å². The van der Waals surface area contributed by atoms with Gasteiger partial charge in [0.15, 0.2) is 0 Å². The van der Waals surface area contributed by atoms with E-state index in [0.717, 1.165) is 33.4 Å². The second kappa shape index (κ2) is 7.85. The van der Waals surface area contributed by atoms with Crippen molar-refractivity contribution in [2.24, 2.45) is 0 Å². The maximum Gasteiger partial charge on any atom is 0.222 e. The molecule has 0 aliphatic heterocycles. The van der Waals surface area contributed by atoms with Crippen molar-refractivity contribution in [2.45, 2.75) is 26.2 Å². The second-order valence-electron chi connectivity index (χ2n) is 8.69. The van der Waals surface area contributed by atoms with Crippen molar-refractivity contribution in [3.05, 3.63) is 83.7 Å². The van der Waals surface area contributed by atoms with Gasteiger partial charge in [0, 0.05) is 35.9 Å². The molecular formula is C28H25N5. The normalized spacial score (nSPS) is 12.8. The first-order chi connectivity index (χ1) is 16.2. The lowest BCUT2D eigenvalue weighted by Crippen LogP contribution is -1.98. The molecule has 162 valence electrons. The van der Waals surface area contributed by atoms with Crippen molar-refractivity contribution in [2.75, 3.05) is 17.7 Å². The van der Waals surface area contributed by atoms with E-state index < -0.39 is 0 Å². The highest BCUT2D eigenvalue weighted by molar-refractivity contribution is 6.04. The molecule has 0 unspecified atom stereocenters. The van der Waals surface area contributed by atoms with E-state index in [9.17, 15) is 0 Å². The minimum Gasteiger partial charge on any atom is -0.357 e. The molecule has 0 bridgehead atoms. The van der Waals surface area contributed by atoms with Crippen LogP contribution < -0.4 is 10.6 Å². The summed E-state index contributed by atoms with van der Waals surface area (Å²) in [6.07, 6.45) is 7.38. The molecule has 6 rings (SSSR count). The predicted octanol–water partition coefficient (Wildman–Crippen LogP) is 6.43. The van der Waals surface area contributed by atoms with E-state index in [0.29, 0.717) is 5.95 Å². The van der Waals surface area contributed by atoms with E-state index in [-0.39, 0.29) is 0 Å². The highest BCUT2D eigenvalue weighted by Crippen LogP contribution is 2.36. The van der Waals surface area contributed by atoms with Crippen molar-refractivity contribution in [3.63, 3.8) is 0 Å². The first-order valence-corrected chi connectivity index (χ1v) is 11.4. The summed E-state index contributed by atoms with van der Waals surface area (Å²) in [5.41, 5.74) is 8.55. The number of benzene rings is 3. The standard InChI is InChI=1S/C28H25N5/c1-17-6-10-24-23(26(17)20-8-11-25-21(14-20)16-31-28(29-2)33-25)12-13-30-27(24)32-22-9-7-18-4-3-5-19(18)15-22/h6-16H,3-5H2,1-2H3,(H,30,32)(H,29,31,33). The van der Waals surface area contributed by atoms with E-state index >= 15 is 0 Å². The molecule has 5 aromatic rings. The van der Waals surface area contributed by atoms with Gasteiger partial charge in [-0.2, -0.15) is 0 Å². The van der Waals surface area contributed by atoms with Gasteiger partial charge >= 0.3 is 0 Å². The van der Waals surface area contributed by atoms with Crippen LogP contribution in [0, 0.1) is 6.92 Å². The molecule has 0 amide bonds. The van der Waals surface area contributed by atoms with E-state index in [1.165, 1.54) is 46.9 Å². The van der Waals surface area contributed by atoms with Crippen LogP contribution >= 0.6 is 0 Å². The van der Waals surface area contributed by atoms with Gasteiger partial charge in [0.25, 0.3) is 0 Å². The molecule has 0 atom stereocenters. The summed E-state index contributed by atoms with van der Waals surface area (Å²) in [6.45, 7) is 2.16. The van der Waals surface area contributed by atoms with E-state index in [1.54, 1.807) is 0 Å². The van der Waals surface area contributed by atoms with Crippen molar-refractivity contribution < 1.29 is 0 Å². The van der Waals surface area contributed by atoms with Gasteiger partial charge in [0.05, 0.1) is 5.52 Å². The summed E-state index contributed by atoms with van der Waals surface area (Å²) < 4.78 is 0. The van der Waals surface area contributed by atoms with Gasteiger partial charge < -0.3 is 10.6 Å². The Morgan fingerprint density at radius 1 is 0.848 bits per heavy atom. The average molecular weight is 432 g/mol. The summed E-state index contributed by atoms with van der Waals surface area (Å²) in [4.78, 5) is 13.6. The zero-order chi connectivity index (χ0) is 22.4. The monoisotopic (exact) mass is 431 g/mol. The number of aryl methyl sites for hydroxylation is 3. The topological polar surface area (TPSA) is 62.7 Å². The number of pyridine rings is 1. The van der Waals surface area contributed by atoms with Crippen LogP contribution in [0.5, 0.6) is 0 Å². The number of fused-ring (bicyclic) bond motifs is 3. The molecule has 0 radical (unpaired) electrons. The lowest BCUT2D eigenvalue weighted by atomic mass is 9.93. The van der Waals surface area contributed by atoms with Crippen LogP contribution in [-0.4, -0.2) is 22.0 Å². The van der Waals surface area contributed by atoms with Crippen LogP contribution in [0.25, 0.3) is 32.8 Å². The van der Waals surface area contributed by atoms with E-state index in [1.807, 2.05) is 19.4 Å². The molecule has 2 N–H and O–H groups in total. The smallest absolute Gasteiger partial charge is 0.222 e. The van der Waals surface area contributed by atoms with Gasteiger partial charge in [-0.3, -0.25) is 0 Å². The largest absolute Gasteiger partial charge is 0.357 e. The Morgan fingerprint density at radius 3 is 2.67 bits per heavy atom. The van der Waals surface area contributed by atoms with Crippen LogP contribution in [0.2, 0.25) is 0 Å². The van der Waals surface area contributed by atoms with Crippen LogP contribution in [0.15, 0.2) is 67.0 Å². The van der Waals surface area contributed by atoms with Crippen LogP contribution in [0.4, 0.5) is 17.5 Å². The van der Waals surface area contributed by atoms with E-state index in [4.69, 9.17) is 4.98 Å². The molecule has 5 nitrogen and oxygen atoms in total. The zero-order valence-electron chi connectivity index (χ0n) is 18.8. The van der Waals surface area contributed by atoms with E-state index in [2.05, 4.69) is 82.1 Å². The summed E-state index contributed by atoms with van der Waals surface area (Å²) in [5, 5.41) is 9.90. The maximum atomic E-state index is 4.69. The third-order valence-electron chi connectivity index (χ3n) is 6.61. The van der Waals surface area contributed by atoms with Crippen molar-refractivity contribution in [1.29, 1.82) is 0 Å². The first-order valence-electron chi connectivity index (χ1n) is 11.4. The molecule has 2 aromatic heterocycles. The molecule has 3 aromatic carbocycles. The number of aromatic nitrogens is 3. The first kappa shape index (κ1) is 19.7. The average Bonchev–Trinajstić information content (AvgIpc) is 3.31. The molecular weight excluding hydrogens is 406 g/mol. The Bertz CT molecular complexity index is 1520. The summed E-state index contributed by atoms with van der Waals surface area (Å²) >= 11 is 0. The number of nitrogens with one attached hydrogen (secondary N) is 2. The second-order valence-corrected chi connectivity index (χ2v) is 8.69. The molecule has 5 heteroatoms. The summed E-state index contributed by atoms with van der Waals surface area (Å²) in [5.74, 6) is 1.51. The van der Waals surface area contributed by atoms with Gasteiger partial charge in [-0.25, -0.2) is 15.0 Å². The van der Waals surface area contributed by atoms with Crippen molar-refractivity contribution in [3.8, 4) is 11.1 Å². The van der Waals surface area contributed by atoms with Crippen LogP contribution in [0.3, 0.4) is 0 Å². The molecule has 33 heavy (non-hydrogen) atoms. The lowest BCUT2D eigenvalue weighted by Gasteiger charge is -2.15. The minimum absolute atomic E-state index is 0.630. The van der Waals surface area contributed by atoms with Gasteiger partial charge in [0.2, 0.25) is 5.95 Å². The quantitative estimate of drug-likeness (QED) is 0.343. The fraction of sp³-hybridized carbons (Fsp3) is 0.179. The Morgan fingerprint density at radius 2 is 1.76 bits per heavy atom. The van der Waals surface area contributed by atoms with Gasteiger partial charge in [-0.15, -0.1) is 0 Å². The van der Waals surface area contributed by atoms with Gasteiger partial charge in [-0.1, -0.05) is 24.3 Å². The Labute approximate surface area is 192 Å². The minimum atomic E-state index is 0.630. The summed E-state index contributed by atoms with van der Waals surface area (Å²) in [6, 6.07) is 19.5. The zero-order valence-corrected chi connectivity index (χ0v) is 18.8. The maximum absolute atomic E-state index is 4.69. The highest BCUT2D eigenvalue weighted by atomic mass is 15.1. The number of hydrogen-bond acceptors (Lipinski definition) is 5. The third kappa shape index (κ3) is 3.46. The molecule has 1 aliphatic rings. The lowest BCUT2D eigenvalue weighted by molar-refractivity contribution is 0.912. The number of rotatable bonds is 4.